The molecule has 0 fully saturated rings. The zero-order valence-electron chi connectivity index (χ0n) is 6.46. The number of hydrogen-bond donors (Lipinski definition) is 1. The number of nitrogens with zero attached hydrogens (tertiary/aromatic N) is 1. The summed E-state index contributed by atoms with van der Waals surface area (Å²) in [7, 11) is 0. The molecule has 0 atom stereocenters. The van der Waals surface area contributed by atoms with Gasteiger partial charge in [-0.2, -0.15) is 0 Å². The zero-order chi connectivity index (χ0) is 10.9. The molecule has 0 aliphatic heterocycles. The molecule has 0 aliphatic carbocycles. The predicted molar refractivity (Wildman–Crippen MR) is 51.4 cm³/mol. The van der Waals surface area contributed by atoms with E-state index in [1.165, 1.54) is 0 Å². The molecule has 1 aromatic heterocycles. The van der Waals surface area contributed by atoms with E-state index in [4.69, 9.17) is 0 Å². The Morgan fingerprint density at radius 1 is 1.57 bits per heavy atom. The Morgan fingerprint density at radius 3 is 2.57 bits per heavy atom. The molecule has 5 nitrogen and oxygen atoms in total. The van der Waals surface area contributed by atoms with Gasteiger partial charge in [-0.1, -0.05) is 0 Å². The predicted octanol–water partition coefficient (Wildman–Crippen LogP) is 1.83. The van der Waals surface area contributed by atoms with Gasteiger partial charge in [-0.05, 0) is 22.6 Å². The fourth-order valence-electron chi connectivity index (χ4n) is 0.888. The summed E-state index contributed by atoms with van der Waals surface area (Å²) in [4.78, 5) is 22.4. The smallest absolute Gasteiger partial charge is 0.286 e. The highest BCUT2D eigenvalue weighted by Gasteiger charge is 2.26. The number of nitrogens with one attached hydrogen (secondary N) is 1. The van der Waals surface area contributed by atoms with Crippen LogP contribution in [-0.2, 0) is 0 Å². The molecule has 0 aliphatic rings. The highest BCUT2D eigenvalue weighted by molar-refractivity contribution is 14.1. The third-order valence-corrected chi connectivity index (χ3v) is 2.01. The molecule has 8 heteroatoms. The van der Waals surface area contributed by atoms with Crippen molar-refractivity contribution in [2.24, 2.45) is 0 Å². The first-order valence-corrected chi connectivity index (χ1v) is 4.36. The summed E-state index contributed by atoms with van der Waals surface area (Å²) in [5.41, 5.74) is -3.08. The normalized spacial score (nSPS) is 10.6. The van der Waals surface area contributed by atoms with E-state index in [2.05, 4.69) is 4.98 Å². The second-order valence-corrected chi connectivity index (χ2v) is 3.47. The van der Waals surface area contributed by atoms with E-state index in [1.807, 2.05) is 0 Å². The fraction of sp³-hybridized carbons (Fsp3) is 0.167. The molecule has 1 N–H and O–H groups in total. The molecule has 0 saturated carbocycles. The minimum absolute atomic E-state index is 0.142. The summed E-state index contributed by atoms with van der Waals surface area (Å²) in [6.45, 7) is 0. The Labute approximate surface area is 89.4 Å². The van der Waals surface area contributed by atoms with Crippen molar-refractivity contribution in [1.82, 2.24) is 4.98 Å². The number of aromatic amines is 1. The molecule has 1 heterocycles. The number of aromatic nitrogens is 1. The zero-order valence-corrected chi connectivity index (χ0v) is 8.62. The first-order valence-electron chi connectivity index (χ1n) is 3.28. The summed E-state index contributed by atoms with van der Waals surface area (Å²) in [6, 6.07) is 0.892. The van der Waals surface area contributed by atoms with Gasteiger partial charge in [-0.3, -0.25) is 14.9 Å². The largest absolute Gasteiger partial charge is 0.316 e. The van der Waals surface area contributed by atoms with Crippen molar-refractivity contribution in [3.05, 3.63) is 35.8 Å². The van der Waals surface area contributed by atoms with E-state index >= 15 is 0 Å². The summed E-state index contributed by atoms with van der Waals surface area (Å²) in [5, 5.41) is 10.3. The Bertz CT molecular complexity index is 432. The van der Waals surface area contributed by atoms with Crippen molar-refractivity contribution >= 4 is 28.3 Å². The number of H-pyrrole nitrogens is 1. The van der Waals surface area contributed by atoms with Gasteiger partial charge in [0, 0.05) is 6.07 Å². The number of hydrogen-bond acceptors (Lipinski definition) is 3. The van der Waals surface area contributed by atoms with Crippen LogP contribution in [0.2, 0.25) is 0 Å². The molecule has 14 heavy (non-hydrogen) atoms. The molecule has 1 rings (SSSR count). The van der Waals surface area contributed by atoms with Crippen LogP contribution in [0.3, 0.4) is 0 Å². The number of halogens is 3. The lowest BCUT2D eigenvalue weighted by Gasteiger charge is -2.00. The SMILES string of the molecule is O=c1[nH]c(I)cc([N+](=O)[O-])c1C(F)F. The molecule has 0 saturated heterocycles. The van der Waals surface area contributed by atoms with Gasteiger partial charge in [0.1, 0.15) is 0 Å². The summed E-state index contributed by atoms with van der Waals surface area (Å²) in [5.74, 6) is 0. The lowest BCUT2D eigenvalue weighted by molar-refractivity contribution is -0.386. The standard InChI is InChI=1S/C6H3F2IN2O3/c7-5(8)4-2(11(13)14)1-3(9)10-6(4)12/h1,5H,(H,10,12). The van der Waals surface area contributed by atoms with E-state index in [9.17, 15) is 23.7 Å². The second kappa shape index (κ2) is 3.98. The first-order chi connectivity index (χ1) is 6.43. The van der Waals surface area contributed by atoms with Gasteiger partial charge in [-0.15, -0.1) is 0 Å². The summed E-state index contributed by atoms with van der Waals surface area (Å²) >= 11 is 1.60. The average Bonchev–Trinajstić information content (AvgIpc) is 2.01. The van der Waals surface area contributed by atoms with E-state index in [-0.39, 0.29) is 3.70 Å². The molecule has 0 radical (unpaired) electrons. The molecule has 76 valence electrons. The highest BCUT2D eigenvalue weighted by atomic mass is 127. The van der Waals surface area contributed by atoms with Crippen molar-refractivity contribution in [2.75, 3.05) is 0 Å². The monoisotopic (exact) mass is 316 g/mol. The van der Waals surface area contributed by atoms with Gasteiger partial charge in [0.15, 0.2) is 5.56 Å². The van der Waals surface area contributed by atoms with Crippen molar-refractivity contribution in [2.45, 2.75) is 6.43 Å². The van der Waals surface area contributed by atoms with E-state index < -0.39 is 28.2 Å². The molecule has 0 bridgehead atoms. The van der Waals surface area contributed by atoms with Crippen LogP contribution in [0.25, 0.3) is 0 Å². The van der Waals surface area contributed by atoms with E-state index in [1.54, 1.807) is 22.6 Å². The lowest BCUT2D eigenvalue weighted by Crippen LogP contribution is -2.16. The van der Waals surface area contributed by atoms with E-state index in [0.29, 0.717) is 0 Å². The van der Waals surface area contributed by atoms with Crippen LogP contribution in [0.5, 0.6) is 0 Å². The fourth-order valence-corrected chi connectivity index (χ4v) is 1.43. The van der Waals surface area contributed by atoms with Gasteiger partial charge in [-0.25, -0.2) is 8.78 Å². The third kappa shape index (κ3) is 2.05. The summed E-state index contributed by atoms with van der Waals surface area (Å²) < 4.78 is 24.6. The van der Waals surface area contributed by atoms with Crippen LogP contribution >= 0.6 is 22.6 Å². The van der Waals surface area contributed by atoms with Crippen molar-refractivity contribution in [3.63, 3.8) is 0 Å². The first kappa shape index (κ1) is 11.0. The van der Waals surface area contributed by atoms with E-state index in [0.717, 1.165) is 6.07 Å². The Kier molecular flexibility index (Phi) is 3.13. The number of nitro groups is 1. The Morgan fingerprint density at radius 2 is 2.14 bits per heavy atom. The van der Waals surface area contributed by atoms with Crippen molar-refractivity contribution in [1.29, 1.82) is 0 Å². The van der Waals surface area contributed by atoms with Crippen LogP contribution in [0, 0.1) is 13.8 Å². The lowest BCUT2D eigenvalue weighted by atomic mass is 10.2. The Balaban J connectivity index is 3.53. The maximum absolute atomic E-state index is 12.3. The number of pyridine rings is 1. The quantitative estimate of drug-likeness (QED) is 0.391. The minimum atomic E-state index is -3.16. The molecule has 0 spiro atoms. The summed E-state index contributed by atoms with van der Waals surface area (Å²) in [6.07, 6.45) is -3.16. The average molecular weight is 316 g/mol. The van der Waals surface area contributed by atoms with Gasteiger partial charge in [0.05, 0.1) is 8.62 Å². The molecule has 1 aromatic rings. The van der Waals surface area contributed by atoms with Crippen LogP contribution in [0.15, 0.2) is 10.9 Å². The maximum Gasteiger partial charge on any atom is 0.286 e. The van der Waals surface area contributed by atoms with Crippen LogP contribution < -0.4 is 5.56 Å². The molecule has 0 aromatic carbocycles. The number of alkyl halides is 2. The third-order valence-electron chi connectivity index (χ3n) is 1.43. The molecule has 0 amide bonds. The van der Waals surface area contributed by atoms with Gasteiger partial charge >= 0.3 is 0 Å². The van der Waals surface area contributed by atoms with Gasteiger partial charge < -0.3 is 4.98 Å². The maximum atomic E-state index is 12.3. The topological polar surface area (TPSA) is 76.0 Å². The van der Waals surface area contributed by atoms with Gasteiger partial charge in [0.2, 0.25) is 0 Å². The molecule has 0 unspecified atom stereocenters. The van der Waals surface area contributed by atoms with Crippen LogP contribution in [0.1, 0.15) is 12.0 Å². The van der Waals surface area contributed by atoms with Gasteiger partial charge in [0.25, 0.3) is 17.7 Å². The second-order valence-electron chi connectivity index (χ2n) is 2.30. The Hall–Kier alpha value is -1.06. The van der Waals surface area contributed by atoms with Crippen molar-refractivity contribution < 1.29 is 13.7 Å². The number of rotatable bonds is 2. The molecular formula is C6H3F2IN2O3. The highest BCUT2D eigenvalue weighted by Crippen LogP contribution is 2.25. The van der Waals surface area contributed by atoms with Crippen molar-refractivity contribution in [3.8, 4) is 0 Å². The van der Waals surface area contributed by atoms with Crippen LogP contribution in [-0.4, -0.2) is 9.91 Å². The van der Waals surface area contributed by atoms with Crippen LogP contribution in [0.4, 0.5) is 14.5 Å². The minimum Gasteiger partial charge on any atom is -0.316 e. The molecular weight excluding hydrogens is 313 g/mol.